The van der Waals surface area contributed by atoms with Gasteiger partial charge in [-0.1, -0.05) is 5.46 Å². The van der Waals surface area contributed by atoms with Crippen LogP contribution in [0, 0.1) is 5.82 Å². The molecule has 0 bridgehead atoms. The van der Waals surface area contributed by atoms with E-state index in [1.54, 1.807) is 0 Å². The third-order valence-corrected chi connectivity index (χ3v) is 1.78. The second kappa shape index (κ2) is 3.04. The molecule has 66 valence electrons. The lowest BCUT2D eigenvalue weighted by Crippen LogP contribution is -2.34. The summed E-state index contributed by atoms with van der Waals surface area (Å²) in [5.74, 6) is -1.01. The van der Waals surface area contributed by atoms with Crippen LogP contribution in [0.2, 0.25) is 0 Å². The van der Waals surface area contributed by atoms with Crippen molar-refractivity contribution >= 4 is 28.4 Å². The minimum Gasteiger partial charge on any atom is -0.445 e. The molecule has 1 heterocycles. The number of hydrogen-bond acceptors (Lipinski definition) is 1. The smallest absolute Gasteiger partial charge is 0.445 e. The van der Waals surface area contributed by atoms with E-state index in [4.69, 9.17) is 0 Å². The number of rotatable bonds is 1. The molecule has 0 fully saturated rings. The number of hydrogen-bond donors (Lipinski definition) is 0. The topological polar surface area (TPSA) is 12.9 Å². The minimum atomic E-state index is -5.16. The summed E-state index contributed by atoms with van der Waals surface area (Å²) in [6, 6.07) is 0.414. The normalized spacial score (nSPS) is 11.8. The van der Waals surface area contributed by atoms with E-state index in [0.29, 0.717) is 12.3 Å². The van der Waals surface area contributed by atoms with Gasteiger partial charge in [0, 0.05) is 6.20 Å². The summed E-state index contributed by atoms with van der Waals surface area (Å²) in [4.78, 5) is 3.18. The first kappa shape index (κ1) is 9.50. The zero-order valence-electron chi connectivity index (χ0n) is 5.57. The van der Waals surface area contributed by atoms with Gasteiger partial charge in [0.25, 0.3) is 0 Å². The number of nitrogens with zero attached hydrogens (tertiary/aromatic N) is 1. The fourth-order valence-electron chi connectivity index (χ4n) is 0.615. The number of pyridine rings is 1. The van der Waals surface area contributed by atoms with Crippen LogP contribution >= 0.6 is 15.9 Å². The SMILES string of the molecule is Fc1cc([B-](F)(F)F)cnc1Br. The van der Waals surface area contributed by atoms with Crippen LogP contribution in [0.5, 0.6) is 0 Å². The third kappa shape index (κ3) is 1.97. The number of aromatic nitrogens is 1. The Balaban J connectivity index is 3.14. The van der Waals surface area contributed by atoms with Crippen molar-refractivity contribution in [2.45, 2.75) is 0 Å². The maximum Gasteiger partial charge on any atom is 0.511 e. The molecule has 0 spiro atoms. The predicted molar refractivity (Wildman–Crippen MR) is 40.6 cm³/mol. The minimum absolute atomic E-state index is 0.216. The Morgan fingerprint density at radius 2 is 1.92 bits per heavy atom. The van der Waals surface area contributed by atoms with Crippen LogP contribution in [0.3, 0.4) is 0 Å². The molecule has 0 aliphatic rings. The first-order valence-corrected chi connectivity index (χ1v) is 3.71. The number of halogens is 5. The molecule has 0 amide bonds. The van der Waals surface area contributed by atoms with Gasteiger partial charge in [0.15, 0.2) is 5.82 Å². The van der Waals surface area contributed by atoms with Gasteiger partial charge in [0.2, 0.25) is 0 Å². The molecule has 0 saturated heterocycles. The van der Waals surface area contributed by atoms with Crippen molar-refractivity contribution in [3.05, 3.63) is 22.7 Å². The van der Waals surface area contributed by atoms with Crippen LogP contribution in [-0.2, 0) is 0 Å². The first-order valence-electron chi connectivity index (χ1n) is 2.92. The summed E-state index contributed by atoms with van der Waals surface area (Å²) < 4.78 is 48.1. The lowest BCUT2D eigenvalue weighted by Gasteiger charge is -2.13. The summed E-state index contributed by atoms with van der Waals surface area (Å²) in [7, 11) is 0. The van der Waals surface area contributed by atoms with Crippen molar-refractivity contribution < 1.29 is 17.3 Å². The van der Waals surface area contributed by atoms with Crippen LogP contribution in [-0.4, -0.2) is 12.0 Å². The highest BCUT2D eigenvalue weighted by Crippen LogP contribution is 2.13. The van der Waals surface area contributed by atoms with Gasteiger partial charge in [-0.25, -0.2) is 9.37 Å². The van der Waals surface area contributed by atoms with E-state index >= 15 is 0 Å². The highest BCUT2D eigenvalue weighted by molar-refractivity contribution is 9.10. The monoisotopic (exact) mass is 242 g/mol. The van der Waals surface area contributed by atoms with Crippen molar-refractivity contribution in [2.24, 2.45) is 0 Å². The molecule has 7 heteroatoms. The van der Waals surface area contributed by atoms with Crippen molar-refractivity contribution in [3.8, 4) is 0 Å². The van der Waals surface area contributed by atoms with Crippen molar-refractivity contribution in [2.75, 3.05) is 0 Å². The van der Waals surface area contributed by atoms with Gasteiger partial charge in [-0.2, -0.15) is 0 Å². The molecule has 12 heavy (non-hydrogen) atoms. The van der Waals surface area contributed by atoms with Gasteiger partial charge in [-0.3, -0.25) is 0 Å². The van der Waals surface area contributed by atoms with E-state index in [-0.39, 0.29) is 4.60 Å². The van der Waals surface area contributed by atoms with E-state index in [1.165, 1.54) is 0 Å². The summed E-state index contributed by atoms with van der Waals surface area (Å²) in [5, 5.41) is 0. The maximum atomic E-state index is 12.5. The zero-order valence-corrected chi connectivity index (χ0v) is 7.16. The van der Waals surface area contributed by atoms with Crippen LogP contribution in [0.25, 0.3) is 0 Å². The second-order valence-electron chi connectivity index (χ2n) is 2.12. The van der Waals surface area contributed by atoms with Crippen LogP contribution < -0.4 is 5.46 Å². The van der Waals surface area contributed by atoms with Gasteiger partial charge in [-0.15, -0.1) is 0 Å². The molecule has 1 aromatic rings. The molecule has 1 nitrogen and oxygen atoms in total. The van der Waals surface area contributed by atoms with E-state index in [2.05, 4.69) is 20.9 Å². The average molecular weight is 243 g/mol. The molecule has 0 aliphatic carbocycles. The molecule has 0 saturated carbocycles. The molecule has 0 atom stereocenters. The predicted octanol–water partition coefficient (Wildman–Crippen LogP) is 2.04. The van der Waals surface area contributed by atoms with Gasteiger partial charge in [-0.05, 0) is 22.0 Å². The molecular weight excluding hydrogens is 241 g/mol. The summed E-state index contributed by atoms with van der Waals surface area (Å²) in [5.41, 5.74) is -1.03. The highest BCUT2D eigenvalue weighted by Gasteiger charge is 2.26. The fourth-order valence-corrected chi connectivity index (χ4v) is 0.832. The largest absolute Gasteiger partial charge is 0.511 e. The van der Waals surface area contributed by atoms with Crippen LogP contribution in [0.15, 0.2) is 16.9 Å². The average Bonchev–Trinajstić information content (AvgIpc) is 1.92. The second-order valence-corrected chi connectivity index (χ2v) is 2.87. The van der Waals surface area contributed by atoms with Crippen molar-refractivity contribution in [1.29, 1.82) is 0 Å². The molecule has 0 N–H and O–H groups in total. The molecule has 1 rings (SSSR count). The van der Waals surface area contributed by atoms with Gasteiger partial charge in [0.1, 0.15) is 4.60 Å². The van der Waals surface area contributed by atoms with Gasteiger partial charge >= 0.3 is 6.98 Å². The standard InChI is InChI=1S/C5H2BBrF4N/c7-5-4(8)1-3(2-12-5)6(9,10)11/h1-2H/q-1. The highest BCUT2D eigenvalue weighted by atomic mass is 79.9. The molecular formula is C5H2BBrF4N-. The Morgan fingerprint density at radius 3 is 2.33 bits per heavy atom. The lowest BCUT2D eigenvalue weighted by molar-refractivity contribution is 0.499. The van der Waals surface area contributed by atoms with Crippen molar-refractivity contribution in [3.63, 3.8) is 0 Å². The Kier molecular flexibility index (Phi) is 2.41. The van der Waals surface area contributed by atoms with Crippen LogP contribution in [0.4, 0.5) is 17.3 Å². The fraction of sp³-hybridized carbons (Fsp3) is 0. The summed E-state index contributed by atoms with van der Waals surface area (Å²) in [6.07, 6.45) is 0.590. The van der Waals surface area contributed by atoms with Crippen LogP contribution in [0.1, 0.15) is 0 Å². The molecule has 0 aliphatic heterocycles. The van der Waals surface area contributed by atoms with E-state index in [1.807, 2.05) is 0 Å². The molecule has 0 unspecified atom stereocenters. The Hall–Kier alpha value is -0.585. The quantitative estimate of drug-likeness (QED) is 0.417. The lowest BCUT2D eigenvalue weighted by atomic mass is 9.81. The Morgan fingerprint density at radius 1 is 1.33 bits per heavy atom. The molecule has 0 aromatic carbocycles. The molecule has 0 radical (unpaired) electrons. The van der Waals surface area contributed by atoms with Gasteiger partial charge < -0.3 is 12.9 Å². The van der Waals surface area contributed by atoms with E-state index in [9.17, 15) is 17.3 Å². The molecule has 1 aromatic heterocycles. The first-order chi connectivity index (χ1) is 5.41. The zero-order chi connectivity index (χ0) is 9.35. The third-order valence-electron chi connectivity index (χ3n) is 1.20. The Bertz CT molecular complexity index is 300. The Labute approximate surface area is 74.0 Å². The summed E-state index contributed by atoms with van der Waals surface area (Å²) in [6.45, 7) is -5.16. The van der Waals surface area contributed by atoms with Crippen molar-refractivity contribution in [1.82, 2.24) is 4.98 Å². The van der Waals surface area contributed by atoms with E-state index in [0.717, 1.165) is 0 Å². The van der Waals surface area contributed by atoms with E-state index < -0.39 is 18.3 Å². The summed E-state index contributed by atoms with van der Waals surface area (Å²) >= 11 is 2.65. The maximum absolute atomic E-state index is 12.5. The van der Waals surface area contributed by atoms with Gasteiger partial charge in [0.05, 0.1) is 0 Å².